The van der Waals surface area contributed by atoms with Crippen molar-refractivity contribution in [3.8, 4) is 22.1 Å². The highest BCUT2D eigenvalue weighted by atomic mass is 32.1. The molecule has 0 saturated heterocycles. The van der Waals surface area contributed by atoms with Crippen LogP contribution < -0.4 is 14.8 Å². The smallest absolute Gasteiger partial charge is 0.170 e. The lowest BCUT2D eigenvalue weighted by atomic mass is 10.2. The van der Waals surface area contributed by atoms with Crippen molar-refractivity contribution in [2.45, 2.75) is 19.9 Å². The number of nitrogens with one attached hydrogen (secondary N) is 1. The summed E-state index contributed by atoms with van der Waals surface area (Å²) in [6.07, 6.45) is 3.05. The van der Waals surface area contributed by atoms with E-state index in [0.717, 1.165) is 41.6 Å². The summed E-state index contributed by atoms with van der Waals surface area (Å²) in [5.74, 6) is 1.46. The van der Waals surface area contributed by atoms with Crippen LogP contribution in [0.15, 0.2) is 24.4 Å². The standard InChI is InChI=1S/C15H20N2O2S/c1-4-8-16-9-11-10-17-15(20-11)12-6-5-7-13(18-2)14(12)19-3/h5-7,10,16H,4,8-9H2,1-3H3. The maximum Gasteiger partial charge on any atom is 0.170 e. The van der Waals surface area contributed by atoms with Crippen molar-refractivity contribution in [3.63, 3.8) is 0 Å². The monoisotopic (exact) mass is 292 g/mol. The summed E-state index contributed by atoms with van der Waals surface area (Å²) in [5.41, 5.74) is 0.971. The van der Waals surface area contributed by atoms with Gasteiger partial charge in [0.1, 0.15) is 5.01 Å². The minimum atomic E-state index is 0.728. The molecule has 0 radical (unpaired) electrons. The third-order valence-electron chi connectivity index (χ3n) is 2.91. The predicted octanol–water partition coefficient (Wildman–Crippen LogP) is 3.33. The zero-order valence-corrected chi connectivity index (χ0v) is 12.9. The Morgan fingerprint density at radius 1 is 1.25 bits per heavy atom. The maximum atomic E-state index is 5.46. The number of hydrogen-bond acceptors (Lipinski definition) is 5. The van der Waals surface area contributed by atoms with Gasteiger partial charge in [0.2, 0.25) is 0 Å². The number of benzene rings is 1. The zero-order chi connectivity index (χ0) is 14.4. The first-order valence-corrected chi connectivity index (χ1v) is 7.48. The van der Waals surface area contributed by atoms with E-state index in [1.165, 1.54) is 4.88 Å². The number of ether oxygens (including phenoxy) is 2. The fourth-order valence-electron chi connectivity index (χ4n) is 1.96. The van der Waals surface area contributed by atoms with Gasteiger partial charge in [0.15, 0.2) is 11.5 Å². The topological polar surface area (TPSA) is 43.4 Å². The molecule has 0 fully saturated rings. The molecule has 0 unspecified atom stereocenters. The van der Waals surface area contributed by atoms with Crippen LogP contribution in [0.3, 0.4) is 0 Å². The molecule has 1 N–H and O–H groups in total. The van der Waals surface area contributed by atoms with Crippen LogP contribution in [0.1, 0.15) is 18.2 Å². The van der Waals surface area contributed by atoms with Gasteiger partial charge in [-0.05, 0) is 25.1 Å². The van der Waals surface area contributed by atoms with Gasteiger partial charge in [-0.25, -0.2) is 4.98 Å². The summed E-state index contributed by atoms with van der Waals surface area (Å²) in [7, 11) is 3.29. The largest absolute Gasteiger partial charge is 0.493 e. The highest BCUT2D eigenvalue weighted by Crippen LogP contribution is 2.39. The van der Waals surface area contributed by atoms with Crippen LogP contribution >= 0.6 is 11.3 Å². The molecule has 0 aliphatic heterocycles. The van der Waals surface area contributed by atoms with Crippen LogP contribution in [0, 0.1) is 0 Å². The van der Waals surface area contributed by atoms with Gasteiger partial charge in [0, 0.05) is 17.6 Å². The number of nitrogens with zero attached hydrogens (tertiary/aromatic N) is 1. The van der Waals surface area contributed by atoms with Crippen molar-refractivity contribution in [3.05, 3.63) is 29.3 Å². The fourth-order valence-corrected chi connectivity index (χ4v) is 2.86. The van der Waals surface area contributed by atoms with Crippen molar-refractivity contribution in [2.24, 2.45) is 0 Å². The lowest BCUT2D eigenvalue weighted by molar-refractivity contribution is 0.356. The van der Waals surface area contributed by atoms with Crippen molar-refractivity contribution >= 4 is 11.3 Å². The van der Waals surface area contributed by atoms with E-state index in [-0.39, 0.29) is 0 Å². The maximum absolute atomic E-state index is 5.46. The third-order valence-corrected chi connectivity index (χ3v) is 3.94. The molecular formula is C15H20N2O2S. The minimum Gasteiger partial charge on any atom is -0.493 e. The number of hydrogen-bond donors (Lipinski definition) is 1. The zero-order valence-electron chi connectivity index (χ0n) is 12.1. The second-order valence-electron chi connectivity index (χ2n) is 4.35. The lowest BCUT2D eigenvalue weighted by Crippen LogP contribution is -2.12. The molecule has 20 heavy (non-hydrogen) atoms. The normalized spacial score (nSPS) is 10.6. The van der Waals surface area contributed by atoms with Crippen LogP contribution in [0.2, 0.25) is 0 Å². The molecule has 0 atom stereocenters. The van der Waals surface area contributed by atoms with Gasteiger partial charge in [0.25, 0.3) is 0 Å². The third kappa shape index (κ3) is 3.29. The average molecular weight is 292 g/mol. The SMILES string of the molecule is CCCNCc1cnc(-c2cccc(OC)c2OC)s1. The molecule has 4 nitrogen and oxygen atoms in total. The second kappa shape index (κ2) is 7.26. The van der Waals surface area contributed by atoms with E-state index in [9.17, 15) is 0 Å². The van der Waals surface area contributed by atoms with E-state index in [1.807, 2.05) is 24.4 Å². The fraction of sp³-hybridized carbons (Fsp3) is 0.400. The van der Waals surface area contributed by atoms with Crippen molar-refractivity contribution in [1.82, 2.24) is 10.3 Å². The van der Waals surface area contributed by atoms with Crippen LogP contribution in [0.25, 0.3) is 10.6 Å². The van der Waals surface area contributed by atoms with Crippen LogP contribution in [0.5, 0.6) is 11.5 Å². The van der Waals surface area contributed by atoms with E-state index in [1.54, 1.807) is 25.6 Å². The molecule has 0 bridgehead atoms. The van der Waals surface area contributed by atoms with Crippen molar-refractivity contribution < 1.29 is 9.47 Å². The Kier molecular flexibility index (Phi) is 5.38. The van der Waals surface area contributed by atoms with E-state index < -0.39 is 0 Å². The summed E-state index contributed by atoms with van der Waals surface area (Å²) in [5, 5.41) is 4.33. The molecule has 0 saturated carbocycles. The molecule has 0 aliphatic carbocycles. The molecule has 1 aromatic carbocycles. The first-order chi connectivity index (χ1) is 9.80. The Morgan fingerprint density at radius 2 is 2.10 bits per heavy atom. The van der Waals surface area contributed by atoms with Gasteiger partial charge in [-0.1, -0.05) is 13.0 Å². The van der Waals surface area contributed by atoms with E-state index in [0.29, 0.717) is 0 Å². The summed E-state index contributed by atoms with van der Waals surface area (Å²) >= 11 is 1.68. The van der Waals surface area contributed by atoms with Gasteiger partial charge in [-0.3, -0.25) is 0 Å². The quantitative estimate of drug-likeness (QED) is 0.795. The number of aromatic nitrogens is 1. The number of para-hydroxylation sites is 1. The summed E-state index contributed by atoms with van der Waals surface area (Å²) in [6, 6.07) is 5.84. The van der Waals surface area contributed by atoms with Gasteiger partial charge < -0.3 is 14.8 Å². The van der Waals surface area contributed by atoms with E-state index in [2.05, 4.69) is 17.2 Å². The molecule has 0 spiro atoms. The van der Waals surface area contributed by atoms with E-state index in [4.69, 9.17) is 9.47 Å². The van der Waals surface area contributed by atoms with Gasteiger partial charge in [-0.2, -0.15) is 0 Å². The number of methoxy groups -OCH3 is 2. The molecule has 108 valence electrons. The van der Waals surface area contributed by atoms with Crippen molar-refractivity contribution in [1.29, 1.82) is 0 Å². The number of thiazole rings is 1. The first-order valence-electron chi connectivity index (χ1n) is 6.67. The lowest BCUT2D eigenvalue weighted by Gasteiger charge is -2.10. The molecule has 1 aromatic heterocycles. The van der Waals surface area contributed by atoms with Crippen molar-refractivity contribution in [2.75, 3.05) is 20.8 Å². The Labute approximate surface area is 123 Å². The van der Waals surface area contributed by atoms with Gasteiger partial charge in [0.05, 0.1) is 19.8 Å². The minimum absolute atomic E-state index is 0.728. The average Bonchev–Trinajstić information content (AvgIpc) is 2.95. The molecule has 1 heterocycles. The van der Waals surface area contributed by atoms with Gasteiger partial charge in [-0.15, -0.1) is 11.3 Å². The Morgan fingerprint density at radius 3 is 2.80 bits per heavy atom. The van der Waals surface area contributed by atoms with E-state index >= 15 is 0 Å². The molecule has 0 amide bonds. The Balaban J connectivity index is 2.23. The summed E-state index contributed by atoms with van der Waals surface area (Å²) in [4.78, 5) is 5.71. The highest BCUT2D eigenvalue weighted by Gasteiger charge is 2.14. The number of rotatable bonds is 7. The first kappa shape index (κ1) is 14.8. The molecule has 2 rings (SSSR count). The Bertz CT molecular complexity index is 555. The highest BCUT2D eigenvalue weighted by molar-refractivity contribution is 7.15. The van der Waals surface area contributed by atoms with Crippen LogP contribution in [-0.2, 0) is 6.54 Å². The summed E-state index contributed by atoms with van der Waals surface area (Å²) < 4.78 is 10.8. The van der Waals surface area contributed by atoms with Gasteiger partial charge >= 0.3 is 0 Å². The summed E-state index contributed by atoms with van der Waals surface area (Å²) in [6.45, 7) is 4.04. The molecular weight excluding hydrogens is 272 g/mol. The molecule has 0 aliphatic rings. The predicted molar refractivity (Wildman–Crippen MR) is 82.7 cm³/mol. The second-order valence-corrected chi connectivity index (χ2v) is 5.46. The van der Waals surface area contributed by atoms with Crippen LogP contribution in [-0.4, -0.2) is 25.7 Å². The van der Waals surface area contributed by atoms with Crippen LogP contribution in [0.4, 0.5) is 0 Å². The Hall–Kier alpha value is -1.59. The molecule has 2 aromatic rings. The molecule has 5 heteroatoms.